The van der Waals surface area contributed by atoms with Gasteiger partial charge in [0.15, 0.2) is 0 Å². The zero-order chi connectivity index (χ0) is 17.5. The topological polar surface area (TPSA) is 49.4 Å². The lowest BCUT2D eigenvalue weighted by Gasteiger charge is -2.60. The molecule has 1 aromatic rings. The molecule has 3 aliphatic rings. The van der Waals surface area contributed by atoms with Crippen LogP contribution in [0.3, 0.4) is 0 Å². The number of rotatable bonds is 6. The van der Waals surface area contributed by atoms with E-state index in [1.165, 1.54) is 19.3 Å². The maximum absolute atomic E-state index is 11.5. The number of benzene rings is 1. The van der Waals surface area contributed by atoms with Gasteiger partial charge in [0.05, 0.1) is 11.0 Å². The Bertz CT molecular complexity index is 627. The number of carboxylic acid groups (broad SMARTS) is 1. The van der Waals surface area contributed by atoms with E-state index in [1.807, 2.05) is 0 Å². The Morgan fingerprint density at radius 1 is 1.38 bits per heavy atom. The van der Waals surface area contributed by atoms with Gasteiger partial charge in [-0.15, -0.1) is 0 Å². The minimum absolute atomic E-state index is 0.314. The van der Waals surface area contributed by atoms with Gasteiger partial charge in [-0.3, -0.25) is 0 Å². The third kappa shape index (κ3) is 3.39. The van der Waals surface area contributed by atoms with Gasteiger partial charge in [-0.05, 0) is 73.5 Å². The molecule has 1 aromatic carbocycles. The van der Waals surface area contributed by atoms with Gasteiger partial charge in [-0.25, -0.2) is 0 Å². The van der Waals surface area contributed by atoms with Crippen molar-refractivity contribution in [2.24, 2.45) is 23.2 Å². The lowest BCUT2D eigenvalue weighted by molar-refractivity contribution is -0.314. The van der Waals surface area contributed by atoms with E-state index >= 15 is 0 Å². The number of aliphatic carboxylic acids is 1. The first kappa shape index (κ1) is 17.9. The molecule has 3 aliphatic carbocycles. The average Bonchev–Trinajstić information content (AvgIpc) is 2.52. The van der Waals surface area contributed by atoms with Crippen molar-refractivity contribution in [3.63, 3.8) is 0 Å². The second-order valence-electron chi connectivity index (χ2n) is 7.78. The molecule has 3 nitrogen and oxygen atoms in total. The summed E-state index contributed by atoms with van der Waals surface area (Å²) in [5.74, 6) is 1.28. The molecule has 24 heavy (non-hydrogen) atoms. The summed E-state index contributed by atoms with van der Waals surface area (Å²) in [5, 5.41) is 12.3. The van der Waals surface area contributed by atoms with Gasteiger partial charge < -0.3 is 14.6 Å². The molecule has 0 aromatic heterocycles. The standard InChI is InChI=1S/C19H24Cl2O3/c1-19(2)12-5-3-11(14(19)9-12)4-7-17(18(22)23)24-16-8-6-13(20)10-15(16)21/h6,8,10-12,14,17H,3-5,7,9H2,1-2H3,(H,22,23)/p-1. The molecule has 2 bridgehead atoms. The molecule has 4 unspecified atom stereocenters. The molecular weight excluding hydrogens is 347 g/mol. The molecule has 0 amide bonds. The number of carbonyl (C=O) groups excluding carboxylic acids is 1. The molecule has 3 fully saturated rings. The predicted octanol–water partition coefficient (Wildman–Crippen LogP) is 4.34. The number of ether oxygens (including phenoxy) is 1. The van der Waals surface area contributed by atoms with Crippen LogP contribution < -0.4 is 9.84 Å². The van der Waals surface area contributed by atoms with Crippen molar-refractivity contribution < 1.29 is 14.6 Å². The van der Waals surface area contributed by atoms with E-state index in [0.29, 0.717) is 39.5 Å². The monoisotopic (exact) mass is 369 g/mol. The van der Waals surface area contributed by atoms with Crippen LogP contribution in [0.2, 0.25) is 10.0 Å². The Labute approximate surface area is 153 Å². The van der Waals surface area contributed by atoms with Crippen LogP contribution in [-0.2, 0) is 4.79 Å². The first-order valence-corrected chi connectivity index (χ1v) is 9.37. The first-order chi connectivity index (χ1) is 11.3. The lowest BCUT2D eigenvalue weighted by atomic mass is 9.45. The van der Waals surface area contributed by atoms with E-state index in [9.17, 15) is 9.90 Å². The quantitative estimate of drug-likeness (QED) is 0.748. The van der Waals surface area contributed by atoms with Gasteiger partial charge in [-0.1, -0.05) is 37.0 Å². The Morgan fingerprint density at radius 3 is 2.71 bits per heavy atom. The third-order valence-electron chi connectivity index (χ3n) is 6.23. The zero-order valence-electron chi connectivity index (χ0n) is 14.1. The number of carboxylic acids is 1. The summed E-state index contributed by atoms with van der Waals surface area (Å²) in [6.07, 6.45) is 4.06. The van der Waals surface area contributed by atoms with E-state index in [1.54, 1.807) is 18.2 Å². The minimum atomic E-state index is -1.19. The average molecular weight is 370 g/mol. The molecule has 4 atom stereocenters. The summed E-state index contributed by atoms with van der Waals surface area (Å²) in [4.78, 5) is 11.5. The highest BCUT2D eigenvalue weighted by atomic mass is 35.5. The van der Waals surface area contributed by atoms with Crippen molar-refractivity contribution in [2.75, 3.05) is 0 Å². The summed E-state index contributed by atoms with van der Waals surface area (Å²) < 4.78 is 5.60. The van der Waals surface area contributed by atoms with Crippen LogP contribution in [0.5, 0.6) is 5.75 Å². The molecule has 0 heterocycles. The van der Waals surface area contributed by atoms with Gasteiger partial charge >= 0.3 is 0 Å². The molecular formula is C19H23Cl2O3-. The van der Waals surface area contributed by atoms with Crippen LogP contribution in [-0.4, -0.2) is 12.1 Å². The van der Waals surface area contributed by atoms with Crippen LogP contribution in [0.4, 0.5) is 0 Å². The van der Waals surface area contributed by atoms with E-state index in [0.717, 1.165) is 12.3 Å². The largest absolute Gasteiger partial charge is 0.546 e. The van der Waals surface area contributed by atoms with Gasteiger partial charge in [0, 0.05) is 5.02 Å². The van der Waals surface area contributed by atoms with Crippen molar-refractivity contribution in [3.8, 4) is 5.75 Å². The number of carbonyl (C=O) groups is 1. The Kier molecular flexibility index (Phi) is 5.04. The summed E-state index contributed by atoms with van der Waals surface area (Å²) in [6, 6.07) is 4.77. The van der Waals surface area contributed by atoms with Gasteiger partial charge in [0.2, 0.25) is 0 Å². The molecule has 0 aliphatic heterocycles. The van der Waals surface area contributed by atoms with E-state index < -0.39 is 12.1 Å². The summed E-state index contributed by atoms with van der Waals surface area (Å²) >= 11 is 11.9. The molecule has 5 heteroatoms. The first-order valence-electron chi connectivity index (χ1n) is 8.61. The van der Waals surface area contributed by atoms with Crippen molar-refractivity contribution in [3.05, 3.63) is 28.2 Å². The smallest absolute Gasteiger partial charge is 0.139 e. The fraction of sp³-hybridized carbons (Fsp3) is 0.632. The second kappa shape index (κ2) is 6.76. The Hall–Kier alpha value is -0.930. The molecule has 132 valence electrons. The van der Waals surface area contributed by atoms with Gasteiger partial charge in [0.1, 0.15) is 11.9 Å². The SMILES string of the molecule is CC1(C)C2CCC(CCC(Oc3ccc(Cl)cc3Cl)C(=O)[O-])C1C2. The number of fused-ring (bicyclic) bond motifs is 2. The van der Waals surface area contributed by atoms with E-state index in [4.69, 9.17) is 27.9 Å². The van der Waals surface area contributed by atoms with Crippen LogP contribution in [0.15, 0.2) is 18.2 Å². The summed E-state index contributed by atoms with van der Waals surface area (Å²) in [6.45, 7) is 4.69. The highest BCUT2D eigenvalue weighted by molar-refractivity contribution is 6.35. The summed E-state index contributed by atoms with van der Waals surface area (Å²) in [7, 11) is 0. The van der Waals surface area contributed by atoms with Crippen LogP contribution in [0.1, 0.15) is 46.0 Å². The number of halogens is 2. The van der Waals surface area contributed by atoms with Crippen molar-refractivity contribution in [1.29, 1.82) is 0 Å². The predicted molar refractivity (Wildman–Crippen MR) is 93.2 cm³/mol. The van der Waals surface area contributed by atoms with Crippen LogP contribution >= 0.6 is 23.2 Å². The molecule has 0 N–H and O–H groups in total. The normalized spacial score (nSPS) is 28.8. The van der Waals surface area contributed by atoms with Crippen LogP contribution in [0, 0.1) is 23.2 Å². The highest BCUT2D eigenvalue weighted by Gasteiger charge is 2.53. The van der Waals surface area contributed by atoms with Crippen molar-refractivity contribution >= 4 is 29.2 Å². The second-order valence-corrected chi connectivity index (χ2v) is 8.62. The molecule has 4 rings (SSSR count). The highest BCUT2D eigenvalue weighted by Crippen LogP contribution is 2.62. The molecule has 0 radical (unpaired) electrons. The van der Waals surface area contributed by atoms with Crippen molar-refractivity contribution in [1.82, 2.24) is 0 Å². The molecule has 3 saturated carbocycles. The van der Waals surface area contributed by atoms with E-state index in [-0.39, 0.29) is 0 Å². The summed E-state index contributed by atoms with van der Waals surface area (Å²) in [5.41, 5.74) is 0.403. The Balaban J connectivity index is 1.61. The zero-order valence-corrected chi connectivity index (χ0v) is 15.6. The minimum Gasteiger partial charge on any atom is -0.546 e. The van der Waals surface area contributed by atoms with E-state index in [2.05, 4.69) is 13.8 Å². The lowest BCUT2D eigenvalue weighted by Crippen LogP contribution is -2.52. The fourth-order valence-corrected chi connectivity index (χ4v) is 5.08. The van der Waals surface area contributed by atoms with Crippen molar-refractivity contribution in [2.45, 2.75) is 52.1 Å². The number of hydrogen-bond acceptors (Lipinski definition) is 3. The molecule has 0 spiro atoms. The Morgan fingerprint density at radius 2 is 2.12 bits per heavy atom. The third-order valence-corrected chi connectivity index (χ3v) is 6.76. The van der Waals surface area contributed by atoms with Gasteiger partial charge in [0.25, 0.3) is 0 Å². The number of hydrogen-bond donors (Lipinski definition) is 0. The maximum atomic E-state index is 11.5. The maximum Gasteiger partial charge on any atom is 0.139 e. The van der Waals surface area contributed by atoms with Crippen LogP contribution in [0.25, 0.3) is 0 Å². The fourth-order valence-electron chi connectivity index (χ4n) is 4.62. The van der Waals surface area contributed by atoms with Gasteiger partial charge in [-0.2, -0.15) is 0 Å². The molecule has 0 saturated heterocycles.